The van der Waals surface area contributed by atoms with E-state index in [9.17, 15) is 19.2 Å². The molecule has 2 rings (SSSR count). The van der Waals surface area contributed by atoms with Gasteiger partial charge in [-0.15, -0.1) is 0 Å². The Morgan fingerprint density at radius 2 is 1.91 bits per heavy atom. The molecule has 1 unspecified atom stereocenters. The van der Waals surface area contributed by atoms with Crippen LogP contribution in [0.25, 0.3) is 0 Å². The number of halogens is 1. The van der Waals surface area contributed by atoms with Crippen molar-refractivity contribution in [1.82, 2.24) is 15.8 Å². The summed E-state index contributed by atoms with van der Waals surface area (Å²) in [6, 6.07) is 3.14. The van der Waals surface area contributed by atoms with Gasteiger partial charge in [0.25, 0.3) is 11.8 Å². The summed E-state index contributed by atoms with van der Waals surface area (Å²) in [6.07, 6.45) is 0.365. The highest BCUT2D eigenvalue weighted by Crippen LogP contribution is 2.20. The number of carboxylic acid groups (broad SMARTS) is 1. The van der Waals surface area contributed by atoms with E-state index in [4.69, 9.17) is 5.11 Å². The van der Waals surface area contributed by atoms with Crippen LogP contribution in [-0.2, 0) is 4.79 Å². The normalized spacial score (nSPS) is 20.4. The van der Waals surface area contributed by atoms with Crippen LogP contribution in [0.2, 0.25) is 0 Å². The van der Waals surface area contributed by atoms with E-state index in [0.717, 1.165) is 6.07 Å². The quantitative estimate of drug-likeness (QED) is 0.681. The van der Waals surface area contributed by atoms with Gasteiger partial charge in [0.05, 0.1) is 5.56 Å². The van der Waals surface area contributed by atoms with E-state index in [1.165, 1.54) is 12.1 Å². The molecular formula is C14H14BrN3O5. The van der Waals surface area contributed by atoms with Crippen LogP contribution in [0.5, 0.6) is 0 Å². The lowest BCUT2D eigenvalue weighted by atomic mass is 10.00. The van der Waals surface area contributed by atoms with Crippen LogP contribution in [0.1, 0.15) is 41.0 Å². The number of imide groups is 1. The molecule has 1 aromatic rings. The van der Waals surface area contributed by atoms with Crippen LogP contribution in [0, 0.1) is 0 Å². The first-order valence-corrected chi connectivity index (χ1v) is 7.49. The zero-order valence-electron chi connectivity index (χ0n) is 12.3. The molecule has 8 nitrogen and oxygen atoms in total. The fourth-order valence-electron chi connectivity index (χ4n) is 2.04. The summed E-state index contributed by atoms with van der Waals surface area (Å²) in [5, 5.41) is 12.1. The van der Waals surface area contributed by atoms with E-state index in [2.05, 4.69) is 26.7 Å². The number of nitrogens with zero attached hydrogens (tertiary/aromatic N) is 1. The molecule has 0 spiro atoms. The Morgan fingerprint density at radius 1 is 1.30 bits per heavy atom. The Kier molecular flexibility index (Phi) is 4.42. The van der Waals surface area contributed by atoms with Crippen LogP contribution < -0.4 is 10.7 Å². The molecule has 3 N–H and O–H groups in total. The van der Waals surface area contributed by atoms with Crippen molar-refractivity contribution < 1.29 is 24.3 Å². The van der Waals surface area contributed by atoms with Crippen molar-refractivity contribution in [1.29, 1.82) is 0 Å². The topological polar surface area (TPSA) is 116 Å². The molecule has 0 radical (unpaired) electrons. The minimum atomic E-state index is -1.20. The van der Waals surface area contributed by atoms with Gasteiger partial charge in [-0.2, -0.15) is 5.01 Å². The molecule has 122 valence electrons. The zero-order valence-corrected chi connectivity index (χ0v) is 13.9. The number of amides is 4. The molecule has 1 fully saturated rings. The molecule has 1 atom stereocenters. The van der Waals surface area contributed by atoms with Crippen molar-refractivity contribution in [2.45, 2.75) is 25.8 Å². The zero-order chi connectivity index (χ0) is 17.4. The maximum absolute atomic E-state index is 12.2. The summed E-state index contributed by atoms with van der Waals surface area (Å²) >= 11 is 3.11. The first-order chi connectivity index (χ1) is 10.7. The average molecular weight is 384 g/mol. The van der Waals surface area contributed by atoms with Crippen molar-refractivity contribution in [3.05, 3.63) is 33.8 Å². The molecule has 0 aliphatic carbocycles. The second-order valence-corrected chi connectivity index (χ2v) is 6.15. The van der Waals surface area contributed by atoms with Crippen LogP contribution in [0.15, 0.2) is 22.7 Å². The molecule has 1 aliphatic heterocycles. The van der Waals surface area contributed by atoms with Crippen LogP contribution in [0.3, 0.4) is 0 Å². The highest BCUT2D eigenvalue weighted by molar-refractivity contribution is 9.10. The lowest BCUT2D eigenvalue weighted by molar-refractivity contribution is -0.132. The molecule has 1 heterocycles. The van der Waals surface area contributed by atoms with Gasteiger partial charge in [-0.05, 0) is 31.5 Å². The summed E-state index contributed by atoms with van der Waals surface area (Å²) in [5.41, 5.74) is 1.03. The Labute approximate surface area is 139 Å². The van der Waals surface area contributed by atoms with E-state index in [1.54, 1.807) is 13.8 Å². The van der Waals surface area contributed by atoms with Gasteiger partial charge in [0, 0.05) is 10.0 Å². The highest BCUT2D eigenvalue weighted by atomic mass is 79.9. The second kappa shape index (κ2) is 5.99. The Hall–Kier alpha value is -2.42. The maximum atomic E-state index is 12.2. The molecule has 0 saturated carbocycles. The lowest BCUT2D eigenvalue weighted by Gasteiger charge is -2.19. The summed E-state index contributed by atoms with van der Waals surface area (Å²) in [6.45, 7) is 3.29. The molecule has 0 aromatic heterocycles. The standard InChI is InChI=1S/C14H14BrN3O5/c1-3-14(2)12(22)18(13(23)16-14)17-10(19)7-4-8(11(20)21)6-9(15)5-7/h4-6H,3H2,1-2H3,(H,16,23)(H,17,19)(H,20,21). The SMILES string of the molecule is CCC1(C)NC(=O)N(NC(=O)c2cc(Br)cc(C(=O)O)c2)C1=O. The van der Waals surface area contributed by atoms with Gasteiger partial charge in [-0.1, -0.05) is 22.9 Å². The Bertz CT molecular complexity index is 720. The van der Waals surface area contributed by atoms with Gasteiger partial charge in [0.15, 0.2) is 0 Å². The van der Waals surface area contributed by atoms with E-state index in [-0.39, 0.29) is 11.1 Å². The third-order valence-corrected chi connectivity index (χ3v) is 4.05. The third kappa shape index (κ3) is 3.19. The minimum absolute atomic E-state index is 0.00229. The number of rotatable bonds is 4. The summed E-state index contributed by atoms with van der Waals surface area (Å²) in [5.74, 6) is -2.54. The van der Waals surface area contributed by atoms with E-state index in [1.807, 2.05) is 0 Å². The van der Waals surface area contributed by atoms with Crippen molar-refractivity contribution in [3.63, 3.8) is 0 Å². The first-order valence-electron chi connectivity index (χ1n) is 6.69. The molecular weight excluding hydrogens is 370 g/mol. The predicted octanol–water partition coefficient (Wildman–Crippen LogP) is 1.51. The summed E-state index contributed by atoms with van der Waals surface area (Å²) in [4.78, 5) is 47.3. The predicted molar refractivity (Wildman–Crippen MR) is 82.6 cm³/mol. The van der Waals surface area contributed by atoms with Gasteiger partial charge < -0.3 is 10.4 Å². The number of hydrogen-bond donors (Lipinski definition) is 3. The highest BCUT2D eigenvalue weighted by Gasteiger charge is 2.47. The number of hydrazine groups is 1. The van der Waals surface area contributed by atoms with Gasteiger partial charge in [-0.25, -0.2) is 9.59 Å². The average Bonchev–Trinajstić information content (AvgIpc) is 2.70. The fraction of sp³-hybridized carbons (Fsp3) is 0.286. The number of urea groups is 1. The number of carbonyl (C=O) groups is 4. The number of aromatic carboxylic acids is 1. The molecule has 23 heavy (non-hydrogen) atoms. The first kappa shape index (κ1) is 16.9. The third-order valence-electron chi connectivity index (χ3n) is 3.59. The lowest BCUT2D eigenvalue weighted by Crippen LogP contribution is -2.48. The molecule has 1 aromatic carbocycles. The second-order valence-electron chi connectivity index (χ2n) is 5.23. The van der Waals surface area contributed by atoms with Gasteiger partial charge in [0.2, 0.25) is 0 Å². The molecule has 1 saturated heterocycles. The largest absolute Gasteiger partial charge is 0.478 e. The minimum Gasteiger partial charge on any atom is -0.478 e. The van der Waals surface area contributed by atoms with E-state index < -0.39 is 29.4 Å². The Balaban J connectivity index is 2.25. The number of hydrogen-bond acceptors (Lipinski definition) is 4. The van der Waals surface area contributed by atoms with Crippen LogP contribution >= 0.6 is 15.9 Å². The molecule has 9 heteroatoms. The molecule has 4 amide bonds. The van der Waals surface area contributed by atoms with Crippen molar-refractivity contribution in [2.75, 3.05) is 0 Å². The fourth-order valence-corrected chi connectivity index (χ4v) is 2.53. The molecule has 0 bridgehead atoms. The smallest absolute Gasteiger partial charge is 0.344 e. The van der Waals surface area contributed by atoms with Gasteiger partial charge >= 0.3 is 12.0 Å². The summed E-state index contributed by atoms with van der Waals surface area (Å²) < 4.78 is 0.387. The Morgan fingerprint density at radius 3 is 2.43 bits per heavy atom. The van der Waals surface area contributed by atoms with Crippen LogP contribution in [-0.4, -0.2) is 39.5 Å². The van der Waals surface area contributed by atoms with Gasteiger partial charge in [-0.3, -0.25) is 15.0 Å². The van der Waals surface area contributed by atoms with E-state index in [0.29, 0.717) is 15.9 Å². The van der Waals surface area contributed by atoms with Gasteiger partial charge in [0.1, 0.15) is 5.54 Å². The van der Waals surface area contributed by atoms with E-state index >= 15 is 0 Å². The number of benzene rings is 1. The van der Waals surface area contributed by atoms with Crippen molar-refractivity contribution in [2.24, 2.45) is 0 Å². The molecule has 1 aliphatic rings. The van der Waals surface area contributed by atoms with Crippen molar-refractivity contribution >= 4 is 39.7 Å². The maximum Gasteiger partial charge on any atom is 0.344 e. The summed E-state index contributed by atoms with van der Waals surface area (Å²) in [7, 11) is 0. The van der Waals surface area contributed by atoms with Crippen molar-refractivity contribution in [3.8, 4) is 0 Å². The number of nitrogens with one attached hydrogen (secondary N) is 2. The monoisotopic (exact) mass is 383 g/mol. The number of carbonyl (C=O) groups excluding carboxylic acids is 3. The van der Waals surface area contributed by atoms with Crippen LogP contribution in [0.4, 0.5) is 4.79 Å². The number of carboxylic acids is 1.